The van der Waals surface area contributed by atoms with Crippen LogP contribution >= 0.6 is 0 Å². The molecule has 92 valence electrons. The molecule has 17 heavy (non-hydrogen) atoms. The van der Waals surface area contributed by atoms with E-state index in [1.165, 1.54) is 0 Å². The van der Waals surface area contributed by atoms with Crippen molar-refractivity contribution in [2.45, 2.75) is 19.4 Å². The van der Waals surface area contributed by atoms with Crippen LogP contribution in [-0.4, -0.2) is 25.8 Å². The maximum Gasteiger partial charge on any atom is 0.137 e. The molecule has 0 aliphatic carbocycles. The average molecular weight is 234 g/mol. The highest BCUT2D eigenvalue weighted by Crippen LogP contribution is 2.20. The first kappa shape index (κ1) is 13.3. The summed E-state index contributed by atoms with van der Waals surface area (Å²) in [5.41, 5.74) is -0.679. The molecule has 0 spiro atoms. The summed E-state index contributed by atoms with van der Waals surface area (Å²) < 4.78 is 10.9. The second-order valence-electron chi connectivity index (χ2n) is 3.89. The Labute approximate surface area is 102 Å². The molecule has 1 unspecified atom stereocenters. The molecule has 1 rings (SSSR count). The quantitative estimate of drug-likeness (QED) is 0.817. The summed E-state index contributed by atoms with van der Waals surface area (Å²) in [5, 5.41) is 11.9. The van der Waals surface area contributed by atoms with Crippen molar-refractivity contribution in [2.24, 2.45) is 0 Å². The van der Waals surface area contributed by atoms with Crippen molar-refractivity contribution in [1.29, 1.82) is 5.26 Å². The van der Waals surface area contributed by atoms with E-state index in [2.05, 4.69) is 11.4 Å². The zero-order chi connectivity index (χ0) is 12.7. The molecule has 0 radical (unpaired) electrons. The number of benzene rings is 1. The summed E-state index contributed by atoms with van der Waals surface area (Å²) >= 11 is 0. The van der Waals surface area contributed by atoms with E-state index in [0.29, 0.717) is 12.4 Å². The van der Waals surface area contributed by atoms with Gasteiger partial charge in [-0.3, -0.25) is 5.32 Å². The van der Waals surface area contributed by atoms with Crippen molar-refractivity contribution in [1.82, 2.24) is 5.32 Å². The van der Waals surface area contributed by atoms with Gasteiger partial charge in [-0.2, -0.15) is 5.26 Å². The van der Waals surface area contributed by atoms with Gasteiger partial charge < -0.3 is 9.47 Å². The van der Waals surface area contributed by atoms with Gasteiger partial charge in [0.05, 0.1) is 12.7 Å². The van der Waals surface area contributed by atoms with E-state index in [1.807, 2.05) is 31.2 Å². The molecule has 0 fully saturated rings. The van der Waals surface area contributed by atoms with E-state index in [0.717, 1.165) is 5.75 Å². The Kier molecular flexibility index (Phi) is 4.80. The Hall–Kier alpha value is -1.73. The van der Waals surface area contributed by atoms with Crippen LogP contribution in [0.25, 0.3) is 0 Å². The van der Waals surface area contributed by atoms with Crippen molar-refractivity contribution in [3.05, 3.63) is 24.3 Å². The third kappa shape index (κ3) is 3.97. The predicted octanol–water partition coefficient (Wildman–Crippen LogP) is 1.97. The molecular formula is C13H18N2O2. The first-order valence-corrected chi connectivity index (χ1v) is 5.59. The fourth-order valence-corrected chi connectivity index (χ4v) is 1.21. The van der Waals surface area contributed by atoms with Crippen LogP contribution in [0, 0.1) is 11.3 Å². The SMILES string of the molecule is CCOc1cccc(OCC(C)(C#N)NC)c1. The number of likely N-dealkylation sites (N-methyl/N-ethyl adjacent to an activating group) is 1. The lowest BCUT2D eigenvalue weighted by Crippen LogP contribution is -2.43. The van der Waals surface area contributed by atoms with Crippen LogP contribution in [0.3, 0.4) is 0 Å². The van der Waals surface area contributed by atoms with Gasteiger partial charge in [-0.05, 0) is 33.0 Å². The standard InChI is InChI=1S/C13H18N2O2/c1-4-16-11-6-5-7-12(8-11)17-10-13(2,9-14)15-3/h5-8,15H,4,10H2,1-3H3. The summed E-state index contributed by atoms with van der Waals surface area (Å²) in [4.78, 5) is 0. The highest BCUT2D eigenvalue weighted by molar-refractivity contribution is 5.33. The summed E-state index contributed by atoms with van der Waals surface area (Å²) in [5.74, 6) is 1.47. The van der Waals surface area contributed by atoms with Gasteiger partial charge in [0.15, 0.2) is 0 Å². The summed E-state index contributed by atoms with van der Waals surface area (Å²) in [7, 11) is 1.74. The van der Waals surface area contributed by atoms with Gasteiger partial charge in [0.2, 0.25) is 0 Å². The summed E-state index contributed by atoms with van der Waals surface area (Å²) in [6.45, 7) is 4.63. The predicted molar refractivity (Wildman–Crippen MR) is 66.2 cm³/mol. The van der Waals surface area contributed by atoms with Crippen LogP contribution in [0.15, 0.2) is 24.3 Å². The van der Waals surface area contributed by atoms with Crippen LogP contribution in [0.2, 0.25) is 0 Å². The van der Waals surface area contributed by atoms with Crippen LogP contribution in [-0.2, 0) is 0 Å². The van der Waals surface area contributed by atoms with Gasteiger partial charge in [0.1, 0.15) is 23.6 Å². The van der Waals surface area contributed by atoms with Crippen LogP contribution in [0.4, 0.5) is 0 Å². The first-order valence-electron chi connectivity index (χ1n) is 5.59. The van der Waals surface area contributed by atoms with Gasteiger partial charge in [0.25, 0.3) is 0 Å². The minimum absolute atomic E-state index is 0.287. The van der Waals surface area contributed by atoms with Crippen molar-refractivity contribution >= 4 is 0 Å². The van der Waals surface area contributed by atoms with E-state index in [1.54, 1.807) is 14.0 Å². The second kappa shape index (κ2) is 6.12. The van der Waals surface area contributed by atoms with Crippen molar-refractivity contribution < 1.29 is 9.47 Å². The molecule has 0 aromatic heterocycles. The van der Waals surface area contributed by atoms with E-state index < -0.39 is 5.54 Å². The molecule has 1 N–H and O–H groups in total. The molecule has 1 aromatic rings. The van der Waals surface area contributed by atoms with Crippen LogP contribution in [0.1, 0.15) is 13.8 Å². The highest BCUT2D eigenvalue weighted by atomic mass is 16.5. The van der Waals surface area contributed by atoms with Gasteiger partial charge in [-0.15, -0.1) is 0 Å². The Morgan fingerprint density at radius 3 is 2.53 bits per heavy atom. The Morgan fingerprint density at radius 2 is 2.00 bits per heavy atom. The fraction of sp³-hybridized carbons (Fsp3) is 0.462. The monoisotopic (exact) mass is 234 g/mol. The Bertz CT molecular complexity index is 401. The lowest BCUT2D eigenvalue weighted by atomic mass is 10.1. The Morgan fingerprint density at radius 1 is 1.35 bits per heavy atom. The third-order valence-electron chi connectivity index (χ3n) is 2.44. The maximum atomic E-state index is 8.98. The van der Waals surface area contributed by atoms with E-state index >= 15 is 0 Å². The van der Waals surface area contributed by atoms with Crippen molar-refractivity contribution in [3.63, 3.8) is 0 Å². The number of hydrogen-bond donors (Lipinski definition) is 1. The third-order valence-corrected chi connectivity index (χ3v) is 2.44. The molecule has 0 aliphatic rings. The molecule has 4 heteroatoms. The van der Waals surface area contributed by atoms with Gasteiger partial charge in [-0.25, -0.2) is 0 Å². The van der Waals surface area contributed by atoms with Crippen LogP contribution in [0.5, 0.6) is 11.5 Å². The average Bonchev–Trinajstić information content (AvgIpc) is 2.37. The lowest BCUT2D eigenvalue weighted by Gasteiger charge is -2.21. The molecule has 0 aliphatic heterocycles. The maximum absolute atomic E-state index is 8.98. The largest absolute Gasteiger partial charge is 0.494 e. The minimum atomic E-state index is -0.679. The van der Waals surface area contributed by atoms with E-state index in [-0.39, 0.29) is 6.61 Å². The molecule has 0 saturated heterocycles. The topological polar surface area (TPSA) is 54.3 Å². The summed E-state index contributed by atoms with van der Waals surface area (Å²) in [6.07, 6.45) is 0. The van der Waals surface area contributed by atoms with Crippen LogP contribution < -0.4 is 14.8 Å². The second-order valence-corrected chi connectivity index (χ2v) is 3.89. The zero-order valence-corrected chi connectivity index (χ0v) is 10.5. The minimum Gasteiger partial charge on any atom is -0.494 e. The molecular weight excluding hydrogens is 216 g/mol. The molecule has 1 aromatic carbocycles. The molecule has 0 saturated carbocycles. The normalized spacial score (nSPS) is 13.5. The van der Waals surface area contributed by atoms with Gasteiger partial charge >= 0.3 is 0 Å². The number of nitrogens with zero attached hydrogens (tertiary/aromatic N) is 1. The van der Waals surface area contributed by atoms with Gasteiger partial charge in [-0.1, -0.05) is 6.07 Å². The smallest absolute Gasteiger partial charge is 0.137 e. The van der Waals surface area contributed by atoms with E-state index in [9.17, 15) is 0 Å². The fourth-order valence-electron chi connectivity index (χ4n) is 1.21. The number of rotatable bonds is 6. The number of hydrogen-bond acceptors (Lipinski definition) is 4. The molecule has 0 bridgehead atoms. The zero-order valence-electron chi connectivity index (χ0n) is 10.5. The van der Waals surface area contributed by atoms with Crippen molar-refractivity contribution in [2.75, 3.05) is 20.3 Å². The highest BCUT2D eigenvalue weighted by Gasteiger charge is 2.22. The first-order chi connectivity index (χ1) is 8.13. The molecule has 0 amide bonds. The van der Waals surface area contributed by atoms with Crippen molar-refractivity contribution in [3.8, 4) is 17.6 Å². The number of nitrogens with one attached hydrogen (secondary N) is 1. The molecule has 0 heterocycles. The summed E-state index contributed by atoms with van der Waals surface area (Å²) in [6, 6.07) is 9.57. The van der Waals surface area contributed by atoms with E-state index in [4.69, 9.17) is 14.7 Å². The molecule has 4 nitrogen and oxygen atoms in total. The lowest BCUT2D eigenvalue weighted by molar-refractivity contribution is 0.240. The number of ether oxygens (including phenoxy) is 2. The molecule has 1 atom stereocenters. The number of nitriles is 1. The Balaban J connectivity index is 2.63. The van der Waals surface area contributed by atoms with Gasteiger partial charge in [0, 0.05) is 6.07 Å².